The Kier molecular flexibility index (Phi) is 29.3. The number of primary amides is 1. The summed E-state index contributed by atoms with van der Waals surface area (Å²) in [6, 6.07) is 46.8. The molecule has 11 N–H and O–H groups in total. The zero-order valence-corrected chi connectivity index (χ0v) is 69.1. The third-order valence-electron chi connectivity index (χ3n) is 17.4. The fraction of sp³-hybridized carbons (Fsp3) is 0.171. The summed E-state index contributed by atoms with van der Waals surface area (Å²) >= 11 is 5.97. The first-order chi connectivity index (χ1) is 53.9. The fourth-order valence-corrected chi connectivity index (χ4v) is 12.2. The lowest BCUT2D eigenvalue weighted by Crippen LogP contribution is -2.29. The first-order valence-electron chi connectivity index (χ1n) is 34.6. The standard InChI is InChI=1S/C31H30FIN4O5.C28H26FIN4O4.C23H22FIN4O4/c1-5-27(38)35-23-7-6-8-25(18(23)2)42-26-16-28(39)37(3)30(36-24-14-11-20(33)15-22(24)32)29(26)31(40)34-17-19-9-12-21(41-4)13-10-19;1-16-21(31)5-4-6-23(16)38-24-14-25(35)34(2)27(33-22-12-9-18(30)13-20(22)29)26(24)28(36)32-15-17-7-10-19(37-3)11-8-17;1-4-19(30)27-15-6-5-7-17(12(15)2)33-18-11-20(31)29(3)23(21(18)22(26)32)28-16-9-8-13(25)10-14(16)24/h6-16,36H,5,17H2,1-4H3,(H,34,40)(H,35,38);4-14,33H,15,31H2,1-3H3,(H,32,36);5-11,28H,4H2,1-3H3,(H2,26,32)(H,27,30). The molecule has 0 aliphatic heterocycles. The smallest absolute Gasteiger partial charge is 0.259 e. The molecule has 113 heavy (non-hydrogen) atoms. The minimum absolute atomic E-state index is 0.00227. The zero-order chi connectivity index (χ0) is 82.1. The molecule has 0 radical (unpaired) electrons. The van der Waals surface area contributed by atoms with Gasteiger partial charge in [-0.3, -0.25) is 52.1 Å². The Hall–Kier alpha value is -11.9. The van der Waals surface area contributed by atoms with Gasteiger partial charge < -0.3 is 72.4 Å². The van der Waals surface area contributed by atoms with Crippen LogP contribution in [0.2, 0.25) is 0 Å². The summed E-state index contributed by atoms with van der Waals surface area (Å²) in [5.41, 5.74) is 15.4. The molecule has 0 aliphatic rings. The Labute approximate surface area is 688 Å². The lowest BCUT2D eigenvalue weighted by Gasteiger charge is -2.20. The highest BCUT2D eigenvalue weighted by Gasteiger charge is 2.28. The predicted octanol–water partition coefficient (Wildman–Crippen LogP) is 16.2. The number of aromatic nitrogens is 3. The van der Waals surface area contributed by atoms with E-state index in [1.807, 2.05) is 92.0 Å². The third kappa shape index (κ3) is 21.6. The molecule has 0 saturated carbocycles. The number of methoxy groups -OCH3 is 2. The molecule has 0 saturated heterocycles. The molecule has 0 spiro atoms. The molecular formula is C82H78F3I3N12O13. The maximum absolute atomic E-state index is 14.9. The summed E-state index contributed by atoms with van der Waals surface area (Å²) in [5.74, 6) is -1.61. The van der Waals surface area contributed by atoms with E-state index in [9.17, 15) is 51.5 Å². The highest BCUT2D eigenvalue weighted by Crippen LogP contribution is 2.39. The van der Waals surface area contributed by atoms with Crippen LogP contribution < -0.4 is 89.0 Å². The van der Waals surface area contributed by atoms with Crippen molar-refractivity contribution < 1.29 is 60.8 Å². The van der Waals surface area contributed by atoms with E-state index in [0.29, 0.717) is 86.1 Å². The largest absolute Gasteiger partial charge is 0.497 e. The average Bonchev–Trinajstić information content (AvgIpc) is 0.779. The second-order valence-electron chi connectivity index (χ2n) is 25.0. The van der Waals surface area contributed by atoms with Crippen molar-refractivity contribution >= 4 is 149 Å². The van der Waals surface area contributed by atoms with Crippen LogP contribution in [-0.4, -0.2) is 57.5 Å². The maximum atomic E-state index is 14.9. The van der Waals surface area contributed by atoms with Gasteiger partial charge in [-0.05, 0) is 215 Å². The highest BCUT2D eigenvalue weighted by atomic mass is 127. The van der Waals surface area contributed by atoms with Crippen molar-refractivity contribution in [3.05, 3.63) is 280 Å². The summed E-state index contributed by atoms with van der Waals surface area (Å²) in [7, 11) is 7.54. The molecule has 8 aromatic carbocycles. The van der Waals surface area contributed by atoms with Crippen molar-refractivity contribution in [2.75, 3.05) is 46.5 Å². The maximum Gasteiger partial charge on any atom is 0.259 e. The number of carbonyl (C=O) groups excluding carboxylic acids is 5. The number of carbonyl (C=O) groups is 5. The van der Waals surface area contributed by atoms with Crippen molar-refractivity contribution in [3.8, 4) is 46.0 Å². The molecule has 0 unspecified atom stereocenters. The summed E-state index contributed by atoms with van der Waals surface area (Å²) in [6.07, 6.45) is 0.594. The molecule has 0 atom stereocenters. The van der Waals surface area contributed by atoms with Crippen molar-refractivity contribution in [3.63, 3.8) is 0 Å². The number of anilines is 9. The van der Waals surface area contributed by atoms with E-state index in [2.05, 4.69) is 37.2 Å². The van der Waals surface area contributed by atoms with Crippen LogP contribution in [0.4, 0.5) is 64.7 Å². The van der Waals surface area contributed by atoms with E-state index in [4.69, 9.17) is 35.2 Å². The topological polar surface area (TPSA) is 334 Å². The lowest BCUT2D eigenvalue weighted by molar-refractivity contribution is -0.116. The summed E-state index contributed by atoms with van der Waals surface area (Å²) in [4.78, 5) is 102. The number of amides is 5. The van der Waals surface area contributed by atoms with Gasteiger partial charge in [-0.1, -0.05) is 56.3 Å². The van der Waals surface area contributed by atoms with E-state index < -0.39 is 51.9 Å². The number of halogens is 6. The molecule has 0 aliphatic carbocycles. The molecule has 3 heterocycles. The number of rotatable bonds is 25. The number of nitrogen functional groups attached to an aromatic ring is 1. The molecule has 0 bridgehead atoms. The molecule has 31 heteroatoms. The van der Waals surface area contributed by atoms with Crippen LogP contribution in [0.1, 0.15) is 85.6 Å². The normalized spacial score (nSPS) is 10.6. The summed E-state index contributed by atoms with van der Waals surface area (Å²) < 4.78 is 78.3. The second kappa shape index (κ2) is 38.9. The second-order valence-corrected chi connectivity index (χ2v) is 28.7. The molecule has 0 fully saturated rings. The number of nitrogens with zero attached hydrogens (tertiary/aromatic N) is 3. The van der Waals surface area contributed by atoms with Crippen LogP contribution in [0.3, 0.4) is 0 Å². The van der Waals surface area contributed by atoms with Crippen LogP contribution in [0.25, 0.3) is 0 Å². The molecule has 25 nitrogen and oxygen atoms in total. The van der Waals surface area contributed by atoms with Gasteiger partial charge in [0.1, 0.15) is 97.6 Å². The molecule has 11 aromatic rings. The van der Waals surface area contributed by atoms with E-state index in [-0.39, 0.29) is 93.4 Å². The summed E-state index contributed by atoms with van der Waals surface area (Å²) in [6.45, 7) is 9.09. The molecule has 3 aromatic heterocycles. The van der Waals surface area contributed by atoms with Crippen molar-refractivity contribution in [2.45, 2.75) is 60.5 Å². The number of nitrogens with one attached hydrogen (secondary N) is 7. The monoisotopic (exact) mass is 1880 g/mol. The fourth-order valence-electron chi connectivity index (χ4n) is 10.9. The van der Waals surface area contributed by atoms with Crippen LogP contribution in [0.15, 0.2) is 190 Å². The average molecular weight is 1880 g/mol. The molecule has 586 valence electrons. The number of hydrogen-bond donors (Lipinski definition) is 9. The van der Waals surface area contributed by atoms with Crippen LogP contribution in [0, 0.1) is 48.9 Å². The Balaban J connectivity index is 0.000000196. The number of ether oxygens (including phenoxy) is 5. The van der Waals surface area contributed by atoms with Crippen molar-refractivity contribution in [1.29, 1.82) is 0 Å². The number of nitrogens with two attached hydrogens (primary N) is 2. The number of pyridine rings is 3. The minimum Gasteiger partial charge on any atom is -0.497 e. The Morgan fingerprint density at radius 1 is 0.416 bits per heavy atom. The van der Waals surface area contributed by atoms with Gasteiger partial charge in [-0.2, -0.15) is 0 Å². The van der Waals surface area contributed by atoms with Gasteiger partial charge in [0, 0.05) is 110 Å². The van der Waals surface area contributed by atoms with Gasteiger partial charge in [0.2, 0.25) is 11.8 Å². The van der Waals surface area contributed by atoms with Gasteiger partial charge in [-0.25, -0.2) is 13.2 Å². The van der Waals surface area contributed by atoms with E-state index in [1.54, 1.807) is 146 Å². The van der Waals surface area contributed by atoms with Gasteiger partial charge >= 0.3 is 0 Å². The number of hydrogen-bond acceptors (Lipinski definition) is 17. The first kappa shape index (κ1) is 85.1. The zero-order valence-electron chi connectivity index (χ0n) is 62.6. The lowest BCUT2D eigenvalue weighted by atomic mass is 10.1. The predicted molar refractivity (Wildman–Crippen MR) is 455 cm³/mol. The van der Waals surface area contributed by atoms with Crippen molar-refractivity contribution in [1.82, 2.24) is 24.3 Å². The van der Waals surface area contributed by atoms with Gasteiger partial charge in [-0.15, -0.1) is 0 Å². The van der Waals surface area contributed by atoms with E-state index >= 15 is 0 Å². The Morgan fingerprint density at radius 3 is 1.05 bits per heavy atom. The van der Waals surface area contributed by atoms with E-state index in [1.165, 1.54) is 78.8 Å². The number of benzene rings is 8. The van der Waals surface area contributed by atoms with Crippen LogP contribution in [0.5, 0.6) is 46.0 Å². The van der Waals surface area contributed by atoms with Gasteiger partial charge in [0.15, 0.2) is 0 Å². The molecular weight excluding hydrogens is 1800 g/mol. The SMILES string of the molecule is CCC(=O)Nc1cccc(Oc2cc(=O)n(C)c(Nc3ccc(I)cc3F)c2C(=O)NCc2ccc(OC)cc2)c1C.CCC(=O)Nc1cccc(Oc2cc(=O)n(C)c(Nc3ccc(I)cc3F)c2C(N)=O)c1C.COc1ccc(CNC(=O)c2c(Oc3cccc(N)c3C)cc(=O)n(C)c2Nc2ccc(I)cc2F)cc1. The molecule has 11 rings (SSSR count). The Morgan fingerprint density at radius 2 is 0.735 bits per heavy atom. The Bertz CT molecular complexity index is 5630. The van der Waals surface area contributed by atoms with E-state index in [0.717, 1.165) is 21.8 Å². The highest BCUT2D eigenvalue weighted by molar-refractivity contribution is 14.1. The minimum atomic E-state index is -0.873. The quantitative estimate of drug-likeness (QED) is 0.0190. The molecule has 5 amide bonds. The van der Waals surface area contributed by atoms with Crippen LogP contribution in [-0.2, 0) is 43.8 Å². The summed E-state index contributed by atoms with van der Waals surface area (Å²) in [5, 5.41) is 20.0. The van der Waals surface area contributed by atoms with Crippen molar-refractivity contribution in [2.24, 2.45) is 26.9 Å². The first-order valence-corrected chi connectivity index (χ1v) is 37.8. The third-order valence-corrected chi connectivity index (χ3v) is 19.4. The van der Waals surface area contributed by atoms with Gasteiger partial charge in [0.05, 0.1) is 31.3 Å². The van der Waals surface area contributed by atoms with Gasteiger partial charge in [0.25, 0.3) is 34.4 Å². The van der Waals surface area contributed by atoms with Crippen LogP contribution >= 0.6 is 67.8 Å².